The minimum absolute atomic E-state index is 0.118. The van der Waals surface area contributed by atoms with Crippen LogP contribution in [0.25, 0.3) is 0 Å². The van der Waals surface area contributed by atoms with Crippen LogP contribution in [0.15, 0.2) is 0 Å². The summed E-state index contributed by atoms with van der Waals surface area (Å²) in [6, 6.07) is -0.391. The Kier molecular flexibility index (Phi) is 5.62. The summed E-state index contributed by atoms with van der Waals surface area (Å²) in [4.78, 5) is 16.7. The van der Waals surface area contributed by atoms with Crippen LogP contribution in [0.1, 0.15) is 64.6 Å². The molecule has 0 bridgehead atoms. The maximum atomic E-state index is 12.2. The highest BCUT2D eigenvalue weighted by atomic mass is 16.3. The van der Waals surface area contributed by atoms with Crippen molar-refractivity contribution in [2.75, 3.05) is 6.54 Å². The van der Waals surface area contributed by atoms with E-state index in [2.05, 4.69) is 20.7 Å². The summed E-state index contributed by atoms with van der Waals surface area (Å²) in [5.74, 6) is 1.76. The summed E-state index contributed by atoms with van der Waals surface area (Å²) in [6.45, 7) is 8.87. The van der Waals surface area contributed by atoms with Gasteiger partial charge < -0.3 is 15.7 Å². The van der Waals surface area contributed by atoms with Crippen LogP contribution in [0.3, 0.4) is 0 Å². The lowest BCUT2D eigenvalue weighted by atomic mass is 9.89. The lowest BCUT2D eigenvalue weighted by Crippen LogP contribution is -2.49. The third-order valence-electron chi connectivity index (χ3n) is 4.82. The van der Waals surface area contributed by atoms with Crippen LogP contribution in [0, 0.1) is 5.92 Å². The largest absolute Gasteiger partial charge is 0.388 e. The van der Waals surface area contributed by atoms with Crippen LogP contribution >= 0.6 is 0 Å². The van der Waals surface area contributed by atoms with E-state index < -0.39 is 5.60 Å². The van der Waals surface area contributed by atoms with Gasteiger partial charge in [-0.1, -0.05) is 27.2 Å². The number of nitrogens with zero attached hydrogens (tertiary/aromatic N) is 3. The second-order valence-electron chi connectivity index (χ2n) is 6.65. The lowest BCUT2D eigenvalue weighted by molar-refractivity contribution is 0.00780. The molecule has 0 spiro atoms. The molecule has 3 unspecified atom stereocenters. The Morgan fingerprint density at radius 1 is 1.52 bits per heavy atom. The van der Waals surface area contributed by atoms with Gasteiger partial charge in [0.15, 0.2) is 5.82 Å². The molecular weight excluding hydrogens is 294 g/mol. The van der Waals surface area contributed by atoms with Gasteiger partial charge in [-0.3, -0.25) is 0 Å². The van der Waals surface area contributed by atoms with Crippen molar-refractivity contribution < 1.29 is 9.90 Å². The topological polar surface area (TPSA) is 92.1 Å². The van der Waals surface area contributed by atoms with Crippen molar-refractivity contribution >= 4 is 6.03 Å². The minimum atomic E-state index is -0.909. The van der Waals surface area contributed by atoms with E-state index in [1.54, 1.807) is 6.92 Å². The SMILES string of the molecule is CCc1nc2n(n1)CCCC2NC(=O)NCC(C)(O)C(C)CC. The standard InChI is InChI=1S/C16H29N5O2/c1-5-11(3)16(4,23)10-17-15(22)18-12-8-7-9-21-14(12)19-13(6-2)20-21/h11-12,23H,5-10H2,1-4H3,(H2,17,18,22). The van der Waals surface area contributed by atoms with E-state index in [0.717, 1.165) is 43.9 Å². The number of hydrogen-bond donors (Lipinski definition) is 3. The fraction of sp³-hybridized carbons (Fsp3) is 0.812. The van der Waals surface area contributed by atoms with E-state index in [1.807, 2.05) is 25.5 Å². The number of urea groups is 1. The Morgan fingerprint density at radius 3 is 2.91 bits per heavy atom. The van der Waals surface area contributed by atoms with Crippen molar-refractivity contribution in [3.05, 3.63) is 11.6 Å². The van der Waals surface area contributed by atoms with Gasteiger partial charge in [-0.15, -0.1) is 0 Å². The van der Waals surface area contributed by atoms with Crippen LogP contribution in [0.4, 0.5) is 4.79 Å². The molecule has 23 heavy (non-hydrogen) atoms. The number of aryl methyl sites for hydroxylation is 2. The molecule has 0 aromatic carbocycles. The van der Waals surface area contributed by atoms with Crippen LogP contribution in [0.2, 0.25) is 0 Å². The fourth-order valence-corrected chi connectivity index (χ4v) is 2.77. The molecule has 0 fully saturated rings. The van der Waals surface area contributed by atoms with Crippen LogP contribution in [0.5, 0.6) is 0 Å². The van der Waals surface area contributed by atoms with E-state index in [9.17, 15) is 9.90 Å². The lowest BCUT2D eigenvalue weighted by Gasteiger charge is -2.30. The molecule has 1 aromatic heterocycles. The van der Waals surface area contributed by atoms with E-state index in [4.69, 9.17) is 0 Å². The molecule has 3 N–H and O–H groups in total. The number of hydrogen-bond acceptors (Lipinski definition) is 4. The van der Waals surface area contributed by atoms with Gasteiger partial charge in [0.05, 0.1) is 11.6 Å². The van der Waals surface area contributed by atoms with Gasteiger partial charge in [0.1, 0.15) is 5.82 Å². The van der Waals surface area contributed by atoms with Crippen LogP contribution in [-0.4, -0.2) is 38.0 Å². The quantitative estimate of drug-likeness (QED) is 0.744. The predicted octanol–water partition coefficient (Wildman–Crippen LogP) is 1.77. The summed E-state index contributed by atoms with van der Waals surface area (Å²) in [5.41, 5.74) is -0.909. The normalized spacial score (nSPS) is 21.2. The third-order valence-corrected chi connectivity index (χ3v) is 4.82. The fourth-order valence-electron chi connectivity index (χ4n) is 2.77. The number of aliphatic hydroxyl groups is 1. The molecule has 130 valence electrons. The van der Waals surface area contributed by atoms with Crippen molar-refractivity contribution in [1.82, 2.24) is 25.4 Å². The van der Waals surface area contributed by atoms with Gasteiger partial charge in [-0.2, -0.15) is 5.10 Å². The molecule has 2 heterocycles. The number of amides is 2. The molecule has 3 atom stereocenters. The monoisotopic (exact) mass is 323 g/mol. The number of aromatic nitrogens is 3. The summed E-state index contributed by atoms with van der Waals surface area (Å²) in [7, 11) is 0. The van der Waals surface area contributed by atoms with Crippen molar-refractivity contribution in [1.29, 1.82) is 0 Å². The van der Waals surface area contributed by atoms with Gasteiger partial charge in [-0.25, -0.2) is 14.5 Å². The third kappa shape index (κ3) is 4.22. The van der Waals surface area contributed by atoms with Crippen molar-refractivity contribution in [3.8, 4) is 0 Å². The Labute approximate surface area is 137 Å². The van der Waals surface area contributed by atoms with Gasteiger partial charge in [0.25, 0.3) is 0 Å². The Morgan fingerprint density at radius 2 is 2.26 bits per heavy atom. The van der Waals surface area contributed by atoms with Crippen LogP contribution < -0.4 is 10.6 Å². The maximum Gasteiger partial charge on any atom is 0.315 e. The number of nitrogens with one attached hydrogen (secondary N) is 2. The zero-order chi connectivity index (χ0) is 17.0. The summed E-state index contributed by atoms with van der Waals surface area (Å²) < 4.78 is 1.89. The Hall–Kier alpha value is -1.63. The first-order valence-corrected chi connectivity index (χ1v) is 8.57. The Bertz CT molecular complexity index is 541. The minimum Gasteiger partial charge on any atom is -0.388 e. The van der Waals surface area contributed by atoms with Crippen molar-refractivity contribution in [2.45, 2.75) is 71.6 Å². The molecule has 1 aliphatic rings. The van der Waals surface area contributed by atoms with Crippen LogP contribution in [-0.2, 0) is 13.0 Å². The molecule has 2 rings (SSSR count). The molecule has 0 saturated carbocycles. The number of rotatable bonds is 6. The number of fused-ring (bicyclic) bond motifs is 1. The first-order valence-electron chi connectivity index (χ1n) is 8.57. The Balaban J connectivity index is 1.93. The van der Waals surface area contributed by atoms with Gasteiger partial charge >= 0.3 is 6.03 Å². The zero-order valence-corrected chi connectivity index (χ0v) is 14.6. The summed E-state index contributed by atoms with van der Waals surface area (Å²) >= 11 is 0. The smallest absolute Gasteiger partial charge is 0.315 e. The zero-order valence-electron chi connectivity index (χ0n) is 14.6. The molecule has 0 radical (unpaired) electrons. The average Bonchev–Trinajstić information content (AvgIpc) is 2.96. The maximum absolute atomic E-state index is 12.2. The molecular formula is C16H29N5O2. The first-order chi connectivity index (χ1) is 10.9. The van der Waals surface area contributed by atoms with Gasteiger partial charge in [0.2, 0.25) is 0 Å². The van der Waals surface area contributed by atoms with Gasteiger partial charge in [-0.05, 0) is 25.7 Å². The molecule has 7 heteroatoms. The molecule has 1 aliphatic heterocycles. The van der Waals surface area contributed by atoms with Crippen molar-refractivity contribution in [3.63, 3.8) is 0 Å². The molecule has 0 aliphatic carbocycles. The molecule has 2 amide bonds. The molecule has 1 aromatic rings. The van der Waals surface area contributed by atoms with E-state index in [1.165, 1.54) is 0 Å². The predicted molar refractivity (Wildman–Crippen MR) is 88.0 cm³/mol. The van der Waals surface area contributed by atoms with Crippen molar-refractivity contribution in [2.24, 2.45) is 5.92 Å². The highest BCUT2D eigenvalue weighted by Crippen LogP contribution is 2.23. The highest BCUT2D eigenvalue weighted by molar-refractivity contribution is 5.74. The second-order valence-corrected chi connectivity index (χ2v) is 6.65. The molecule has 0 saturated heterocycles. The summed E-state index contributed by atoms with van der Waals surface area (Å²) in [5, 5.41) is 20.5. The number of carbonyl (C=O) groups is 1. The first kappa shape index (κ1) is 17.7. The molecule has 7 nitrogen and oxygen atoms in total. The van der Waals surface area contributed by atoms with Gasteiger partial charge in [0, 0.05) is 19.5 Å². The summed E-state index contributed by atoms with van der Waals surface area (Å²) in [6.07, 6.45) is 3.48. The second kappa shape index (κ2) is 7.29. The van der Waals surface area contributed by atoms with E-state index in [0.29, 0.717) is 0 Å². The highest BCUT2D eigenvalue weighted by Gasteiger charge is 2.29. The van der Waals surface area contributed by atoms with E-state index in [-0.39, 0.29) is 24.5 Å². The van der Waals surface area contributed by atoms with E-state index >= 15 is 0 Å². The average molecular weight is 323 g/mol. The number of carbonyl (C=O) groups excluding carboxylic acids is 1.